The smallest absolute Gasteiger partial charge is 0.322 e. The number of likely N-dealkylation sites (tertiary alicyclic amines) is 1. The van der Waals surface area contributed by atoms with Crippen LogP contribution in [-0.2, 0) is 92.8 Å². The molecular formula is C76H109N23O17S. The zero-order chi connectivity index (χ0) is 85.7. The molecule has 0 aliphatic carbocycles. The molecule has 0 bridgehead atoms. The number of para-hydroxylation sites is 1. The number of H-pyrrole nitrogens is 2. The Balaban J connectivity index is 1.24. The molecule has 5 aromatic rings. The Labute approximate surface area is 679 Å². The first-order valence-electron chi connectivity index (χ1n) is 38.3. The Morgan fingerprint density at radius 2 is 1.09 bits per heavy atom. The van der Waals surface area contributed by atoms with Gasteiger partial charge >= 0.3 is 11.9 Å². The molecule has 2 aromatic heterocycles. The number of benzene rings is 3. The summed E-state index contributed by atoms with van der Waals surface area (Å²) in [4.78, 5) is 208. The number of carboxylic acids is 2. The molecular weight excluding hydrogens is 1540 g/mol. The predicted molar refractivity (Wildman–Crippen MR) is 431 cm³/mol. The summed E-state index contributed by atoms with van der Waals surface area (Å²) in [6.45, 7) is 2.17. The van der Waals surface area contributed by atoms with Crippen molar-refractivity contribution in [1.82, 2.24) is 89.0 Å². The van der Waals surface area contributed by atoms with Gasteiger partial charge in [-0.3, -0.25) is 77.9 Å². The van der Waals surface area contributed by atoms with Gasteiger partial charge in [0.2, 0.25) is 70.9 Å². The number of nitrogens with zero attached hydrogens (tertiary/aromatic N) is 2. The molecule has 0 unspecified atom stereocenters. The Hall–Kier alpha value is -12.4. The highest BCUT2D eigenvalue weighted by Gasteiger charge is 2.41. The number of carboxylic acid groups (broad SMARTS) is 2. The van der Waals surface area contributed by atoms with Crippen LogP contribution in [0.1, 0.15) is 107 Å². The molecule has 0 saturated carbocycles. The van der Waals surface area contributed by atoms with Crippen molar-refractivity contribution in [3.05, 3.63) is 120 Å². The third-order valence-electron chi connectivity index (χ3n) is 19.0. The van der Waals surface area contributed by atoms with Crippen LogP contribution in [0.15, 0.2) is 97.6 Å². The third-order valence-corrected chi connectivity index (χ3v) is 19.6. The second-order valence-electron chi connectivity index (χ2n) is 28.4. The second kappa shape index (κ2) is 48.1. The molecule has 12 amide bonds. The first-order valence-corrected chi connectivity index (χ1v) is 39.7. The summed E-state index contributed by atoms with van der Waals surface area (Å²) in [5, 5.41) is 79.1. The van der Waals surface area contributed by atoms with E-state index < -0.39 is 187 Å². The number of unbranched alkanes of at least 4 members (excludes halogenated alkanes) is 1. The summed E-state index contributed by atoms with van der Waals surface area (Å²) in [5.41, 5.74) is 25.3. The van der Waals surface area contributed by atoms with Crippen molar-refractivity contribution in [3.8, 4) is 5.75 Å². The van der Waals surface area contributed by atoms with Gasteiger partial charge in [-0.2, -0.15) is 11.8 Å². The first kappa shape index (κ1) is 93.5. The summed E-state index contributed by atoms with van der Waals surface area (Å²) in [5.74, 6) is -14.9. The monoisotopic (exact) mass is 1650 g/mol. The van der Waals surface area contributed by atoms with Crippen molar-refractivity contribution < 1.29 is 82.4 Å². The van der Waals surface area contributed by atoms with Crippen LogP contribution < -0.4 is 92.1 Å². The molecule has 40 nitrogen and oxygen atoms in total. The molecule has 28 N–H and O–H groups in total. The number of phenols is 1. The highest BCUT2D eigenvalue weighted by molar-refractivity contribution is 7.98. The fourth-order valence-electron chi connectivity index (χ4n) is 12.8. The topological polar surface area (TPSA) is 656 Å². The largest absolute Gasteiger partial charge is 0.508 e. The fraction of sp³-hybridized carbons (Fsp3) is 0.487. The number of phenolic OH excluding ortho intramolecular Hbond substituents is 1. The SMILES string of the molecule is CSCC[C@H](NC(=O)[C@@H](NC(=O)[C@H](Cc1ccc(O)cc1)NC(=O)[C@@H](N)CCCCN)C(C)C)C(=O)NCC(=O)N[C@@H](Cc1c[nH]cn1)C(=O)N[C@@H](Cc1ccccc1)C(=O)N[C@@H](CCCNC(=N)N)C(=O)N[C@@H](Cc1c[nH]c2ccccc12)C(=O)N[C@@H](CC(=O)O)C(=O)N[C@@H](CCCNC(=N)N)C(=O)N1CCC[C@H]1C(=O)NCC(=O)O. The van der Waals surface area contributed by atoms with Crippen LogP contribution in [0.2, 0.25) is 0 Å². The lowest BCUT2D eigenvalue weighted by atomic mass is 10.00. The summed E-state index contributed by atoms with van der Waals surface area (Å²) in [6, 6.07) is 5.31. The average Bonchev–Trinajstić information content (AvgIpc) is 1.69. The number of nitrogens with one attached hydrogen (secondary N) is 17. The lowest BCUT2D eigenvalue weighted by Gasteiger charge is -2.30. The minimum atomic E-state index is -1.97. The molecule has 636 valence electrons. The van der Waals surface area contributed by atoms with E-state index >= 15 is 14.4 Å². The van der Waals surface area contributed by atoms with Gasteiger partial charge in [0.25, 0.3) is 0 Å². The first-order chi connectivity index (χ1) is 55.8. The van der Waals surface area contributed by atoms with Crippen molar-refractivity contribution in [2.45, 2.75) is 177 Å². The standard InChI is InChI=1S/C76H109N23O17S/c1-42(2)63(98-71(113)55(33-44-22-24-47(100)25-23-44)94-64(106)49(78)17-9-10-27-77)73(115)92-52(26-31-117-3)65(107)87-39-60(101)90-57(35-46-38-83-41-89-46)69(111)95-54(32-43-14-5-4-6-15-43)67(109)91-51(19-11-28-84-75(79)80)66(108)96-56(34-45-37-86-50-18-8-7-16-48(45)50)68(110)97-58(36-61(102)103)70(112)93-53(20-12-29-85-76(81)82)74(116)99-30-13-21-59(99)72(114)88-40-62(104)105/h4-8,14-16,18,22-25,37-38,41-42,49,51-59,63,86,100H,9-13,17,19-21,26-36,39-40,77-78H2,1-3H3,(H,83,89)(H,87,107)(H,88,114)(H,90,101)(H,91,109)(H,92,115)(H,93,112)(H,94,106)(H,95,111)(H,96,108)(H,97,110)(H,98,113)(H,102,103)(H,104,105)(H4,79,80,84)(H4,81,82,85)/t49-,51-,52-,53-,54-,55-,56-,57-,58-,59-,63-/m0/s1. The van der Waals surface area contributed by atoms with Gasteiger partial charge in [0.05, 0.1) is 31.0 Å². The molecule has 0 radical (unpaired) electrons. The van der Waals surface area contributed by atoms with Gasteiger partial charge in [-0.1, -0.05) is 80.9 Å². The van der Waals surface area contributed by atoms with Crippen molar-refractivity contribution >= 4 is 117 Å². The lowest BCUT2D eigenvalue weighted by Crippen LogP contribution is -2.61. The fourth-order valence-corrected chi connectivity index (χ4v) is 13.3. The van der Waals surface area contributed by atoms with Gasteiger partial charge < -0.3 is 122 Å². The lowest BCUT2D eigenvalue weighted by molar-refractivity contribution is -0.144. The van der Waals surface area contributed by atoms with Crippen LogP contribution in [0.4, 0.5) is 0 Å². The number of amides is 12. The Morgan fingerprint density at radius 3 is 1.69 bits per heavy atom. The quantitative estimate of drug-likeness (QED) is 0.0102. The average molecular weight is 1650 g/mol. The second-order valence-corrected chi connectivity index (χ2v) is 29.4. The van der Waals surface area contributed by atoms with Crippen molar-refractivity contribution in [2.24, 2.45) is 28.9 Å². The molecule has 1 saturated heterocycles. The summed E-state index contributed by atoms with van der Waals surface area (Å²) in [7, 11) is 0. The zero-order valence-electron chi connectivity index (χ0n) is 65.4. The van der Waals surface area contributed by atoms with E-state index in [0.717, 1.165) is 4.90 Å². The molecule has 1 aliphatic heterocycles. The van der Waals surface area contributed by atoms with E-state index in [0.29, 0.717) is 59.2 Å². The molecule has 1 aliphatic rings. The van der Waals surface area contributed by atoms with Crippen LogP contribution in [0, 0.1) is 16.7 Å². The minimum Gasteiger partial charge on any atom is -0.508 e. The molecule has 3 aromatic carbocycles. The number of hydrogen-bond acceptors (Lipinski definition) is 21. The van der Waals surface area contributed by atoms with E-state index in [2.05, 4.69) is 84.1 Å². The van der Waals surface area contributed by atoms with E-state index in [1.165, 1.54) is 36.4 Å². The van der Waals surface area contributed by atoms with Crippen LogP contribution in [0.5, 0.6) is 5.75 Å². The van der Waals surface area contributed by atoms with E-state index in [1.54, 1.807) is 93.0 Å². The Kier molecular flexibility index (Phi) is 38.4. The number of aromatic hydroxyl groups is 1. The number of hydrogen-bond donors (Lipinski definition) is 24. The van der Waals surface area contributed by atoms with E-state index in [-0.39, 0.29) is 102 Å². The maximum absolute atomic E-state index is 15.2. The van der Waals surface area contributed by atoms with Crippen molar-refractivity contribution in [1.29, 1.82) is 10.8 Å². The van der Waals surface area contributed by atoms with Crippen molar-refractivity contribution in [3.63, 3.8) is 0 Å². The van der Waals surface area contributed by atoms with E-state index in [4.69, 9.17) is 33.8 Å². The van der Waals surface area contributed by atoms with Gasteiger partial charge in [-0.05, 0) is 117 Å². The number of aromatic nitrogens is 3. The number of guanidine groups is 2. The third kappa shape index (κ3) is 31.7. The number of rotatable bonds is 50. The number of imidazole rings is 1. The molecule has 1 fully saturated rings. The summed E-state index contributed by atoms with van der Waals surface area (Å²) >= 11 is 1.35. The Bertz CT molecular complexity index is 4210. The van der Waals surface area contributed by atoms with Gasteiger partial charge in [-0.15, -0.1) is 0 Å². The van der Waals surface area contributed by atoms with E-state index in [9.17, 15) is 68.1 Å². The minimum absolute atomic E-state index is 0.00910. The van der Waals surface area contributed by atoms with Crippen LogP contribution >= 0.6 is 11.8 Å². The maximum atomic E-state index is 15.2. The number of thioether (sulfide) groups is 1. The highest BCUT2D eigenvalue weighted by Crippen LogP contribution is 2.23. The van der Waals surface area contributed by atoms with E-state index in [1.807, 2.05) is 0 Å². The Morgan fingerprint density at radius 1 is 0.556 bits per heavy atom. The number of carbonyl (C=O) groups excluding carboxylic acids is 12. The maximum Gasteiger partial charge on any atom is 0.322 e. The molecule has 3 heterocycles. The van der Waals surface area contributed by atoms with Gasteiger partial charge in [0.15, 0.2) is 11.9 Å². The zero-order valence-corrected chi connectivity index (χ0v) is 66.2. The molecule has 0 spiro atoms. The summed E-state index contributed by atoms with van der Waals surface area (Å²) in [6.07, 6.45) is 5.61. The number of aromatic amines is 2. The number of nitrogens with two attached hydrogens (primary N) is 4. The van der Waals surface area contributed by atoms with Crippen molar-refractivity contribution in [2.75, 3.05) is 51.3 Å². The molecule has 6 rings (SSSR count). The van der Waals surface area contributed by atoms with Gasteiger partial charge in [0, 0.05) is 68.6 Å². The molecule has 11 atom stereocenters. The predicted octanol–water partition coefficient (Wildman–Crippen LogP) is -3.59. The number of aliphatic carboxylic acids is 2. The van der Waals surface area contributed by atoms with Crippen LogP contribution in [0.3, 0.4) is 0 Å². The molecule has 117 heavy (non-hydrogen) atoms. The van der Waals surface area contributed by atoms with Crippen LogP contribution in [0.25, 0.3) is 10.9 Å². The number of carbonyl (C=O) groups is 14. The van der Waals surface area contributed by atoms with Gasteiger partial charge in [0.1, 0.15) is 72.7 Å². The number of fused-ring (bicyclic) bond motifs is 1. The van der Waals surface area contributed by atoms with Gasteiger partial charge in [-0.25, -0.2) is 4.98 Å². The normalized spacial score (nSPS) is 15.0. The summed E-state index contributed by atoms with van der Waals surface area (Å²) < 4.78 is 0. The highest BCUT2D eigenvalue weighted by atomic mass is 32.2. The van der Waals surface area contributed by atoms with Crippen LogP contribution in [-0.4, -0.2) is 248 Å². The molecule has 41 heteroatoms.